The molecule has 0 atom stereocenters. The first-order valence-electron chi connectivity index (χ1n) is 9.11. The maximum Gasteiger partial charge on any atom is 0.257 e. The van der Waals surface area contributed by atoms with E-state index in [2.05, 4.69) is 42.3 Å². The van der Waals surface area contributed by atoms with Crippen molar-refractivity contribution >= 4 is 22.4 Å². The number of aryl methyl sites for hydroxylation is 3. The zero-order valence-electron chi connectivity index (χ0n) is 16.1. The molecule has 1 amide bonds. The SMILES string of the molecule is Cc1ccc(-c2nc(NC(=O)c3ccc(-n4cccc4)cc3)sc2C)cc1C. The molecular weight excluding hydrogens is 366 g/mol. The molecule has 1 N–H and O–H groups in total. The first-order chi connectivity index (χ1) is 13.5. The van der Waals surface area contributed by atoms with Gasteiger partial charge in [0.05, 0.1) is 5.69 Å². The molecule has 5 heteroatoms. The van der Waals surface area contributed by atoms with Gasteiger partial charge in [0, 0.05) is 34.1 Å². The summed E-state index contributed by atoms with van der Waals surface area (Å²) in [7, 11) is 0. The number of thiazole rings is 1. The summed E-state index contributed by atoms with van der Waals surface area (Å²) in [4.78, 5) is 18.4. The predicted octanol–water partition coefficient (Wildman–Crippen LogP) is 5.78. The quantitative estimate of drug-likeness (QED) is 0.482. The molecule has 4 rings (SSSR count). The minimum absolute atomic E-state index is 0.153. The lowest BCUT2D eigenvalue weighted by Crippen LogP contribution is -2.11. The number of hydrogen-bond acceptors (Lipinski definition) is 3. The smallest absolute Gasteiger partial charge is 0.257 e. The van der Waals surface area contributed by atoms with Gasteiger partial charge < -0.3 is 4.57 Å². The van der Waals surface area contributed by atoms with Gasteiger partial charge in [0.15, 0.2) is 5.13 Å². The maximum atomic E-state index is 12.6. The van der Waals surface area contributed by atoms with Gasteiger partial charge in [-0.1, -0.05) is 12.1 Å². The van der Waals surface area contributed by atoms with Crippen LogP contribution in [0.5, 0.6) is 0 Å². The van der Waals surface area contributed by atoms with E-state index in [9.17, 15) is 4.79 Å². The fourth-order valence-corrected chi connectivity index (χ4v) is 3.90. The predicted molar refractivity (Wildman–Crippen MR) is 115 cm³/mol. The van der Waals surface area contributed by atoms with Gasteiger partial charge in [-0.2, -0.15) is 0 Å². The lowest BCUT2D eigenvalue weighted by atomic mass is 10.0. The Bertz CT molecular complexity index is 1130. The Morgan fingerprint density at radius 1 is 0.964 bits per heavy atom. The number of nitrogens with one attached hydrogen (secondary N) is 1. The van der Waals surface area contributed by atoms with Crippen LogP contribution in [0.3, 0.4) is 0 Å². The van der Waals surface area contributed by atoms with Crippen molar-refractivity contribution in [2.24, 2.45) is 0 Å². The van der Waals surface area contributed by atoms with Crippen LogP contribution in [-0.4, -0.2) is 15.5 Å². The molecule has 140 valence electrons. The van der Waals surface area contributed by atoms with Crippen LogP contribution in [0.25, 0.3) is 16.9 Å². The van der Waals surface area contributed by atoms with Crippen molar-refractivity contribution < 1.29 is 4.79 Å². The van der Waals surface area contributed by atoms with Crippen molar-refractivity contribution in [2.75, 3.05) is 5.32 Å². The van der Waals surface area contributed by atoms with Gasteiger partial charge in [0.25, 0.3) is 5.91 Å². The highest BCUT2D eigenvalue weighted by Gasteiger charge is 2.14. The molecule has 0 saturated carbocycles. The highest BCUT2D eigenvalue weighted by Crippen LogP contribution is 2.31. The summed E-state index contributed by atoms with van der Waals surface area (Å²) in [5, 5.41) is 3.55. The number of amides is 1. The number of rotatable bonds is 4. The Morgan fingerprint density at radius 3 is 2.36 bits per heavy atom. The minimum atomic E-state index is -0.153. The molecule has 0 spiro atoms. The third-order valence-corrected chi connectivity index (χ3v) is 5.72. The van der Waals surface area contributed by atoms with E-state index >= 15 is 0 Å². The van der Waals surface area contributed by atoms with E-state index in [1.165, 1.54) is 22.5 Å². The van der Waals surface area contributed by atoms with E-state index in [1.807, 2.05) is 60.3 Å². The van der Waals surface area contributed by atoms with Crippen LogP contribution >= 0.6 is 11.3 Å². The topological polar surface area (TPSA) is 46.9 Å². The van der Waals surface area contributed by atoms with Crippen molar-refractivity contribution in [2.45, 2.75) is 20.8 Å². The molecular formula is C23H21N3OS. The number of aromatic nitrogens is 2. The Kier molecular flexibility index (Phi) is 4.84. The molecule has 2 heterocycles. The van der Waals surface area contributed by atoms with Crippen LogP contribution in [0, 0.1) is 20.8 Å². The van der Waals surface area contributed by atoms with Crippen molar-refractivity contribution in [3.8, 4) is 16.9 Å². The van der Waals surface area contributed by atoms with Gasteiger partial charge in [-0.3, -0.25) is 10.1 Å². The Balaban J connectivity index is 1.53. The Hall–Kier alpha value is -3.18. The third kappa shape index (κ3) is 3.62. The average Bonchev–Trinajstić information content (AvgIpc) is 3.34. The van der Waals surface area contributed by atoms with Gasteiger partial charge in [-0.05, 0) is 74.4 Å². The first kappa shape index (κ1) is 18.2. The first-order valence-corrected chi connectivity index (χ1v) is 9.93. The normalized spacial score (nSPS) is 10.8. The summed E-state index contributed by atoms with van der Waals surface area (Å²) < 4.78 is 2.00. The molecule has 0 aliphatic heterocycles. The summed E-state index contributed by atoms with van der Waals surface area (Å²) in [6, 6.07) is 17.8. The molecule has 0 fully saturated rings. The van der Waals surface area contributed by atoms with E-state index in [1.54, 1.807) is 0 Å². The Morgan fingerprint density at radius 2 is 1.68 bits per heavy atom. The standard InChI is InChI=1S/C23H21N3OS/c1-15-6-7-19(14-16(15)2)21-17(3)28-23(24-21)25-22(27)18-8-10-20(11-9-18)26-12-4-5-13-26/h4-14H,1-3H3,(H,24,25,27). The van der Waals surface area contributed by atoms with Gasteiger partial charge in [0.1, 0.15) is 0 Å². The number of anilines is 1. The summed E-state index contributed by atoms with van der Waals surface area (Å²) in [6.45, 7) is 6.23. The number of hydrogen-bond donors (Lipinski definition) is 1. The van der Waals surface area contributed by atoms with Crippen molar-refractivity contribution in [3.63, 3.8) is 0 Å². The van der Waals surface area contributed by atoms with Gasteiger partial charge in [-0.25, -0.2) is 4.98 Å². The van der Waals surface area contributed by atoms with Crippen LogP contribution in [0.4, 0.5) is 5.13 Å². The lowest BCUT2D eigenvalue weighted by Gasteiger charge is -2.05. The molecule has 0 bridgehead atoms. The summed E-state index contributed by atoms with van der Waals surface area (Å²) in [5.74, 6) is -0.153. The van der Waals surface area contributed by atoms with Crippen molar-refractivity contribution in [3.05, 3.63) is 88.6 Å². The average molecular weight is 388 g/mol. The van der Waals surface area contributed by atoms with E-state index in [-0.39, 0.29) is 5.91 Å². The summed E-state index contributed by atoms with van der Waals surface area (Å²) in [6.07, 6.45) is 3.95. The molecule has 4 aromatic rings. The number of benzene rings is 2. The van der Waals surface area contributed by atoms with E-state index in [4.69, 9.17) is 0 Å². The molecule has 0 saturated heterocycles. The minimum Gasteiger partial charge on any atom is -0.324 e. The number of carbonyl (C=O) groups is 1. The number of nitrogens with zero attached hydrogens (tertiary/aromatic N) is 2. The van der Waals surface area contributed by atoms with E-state index in [0.29, 0.717) is 10.7 Å². The third-order valence-electron chi connectivity index (χ3n) is 4.83. The van der Waals surface area contributed by atoms with Crippen molar-refractivity contribution in [1.82, 2.24) is 9.55 Å². The van der Waals surface area contributed by atoms with Gasteiger partial charge in [0.2, 0.25) is 0 Å². The van der Waals surface area contributed by atoms with Gasteiger partial charge >= 0.3 is 0 Å². The molecule has 0 unspecified atom stereocenters. The Labute approximate surface area is 168 Å². The molecule has 2 aromatic heterocycles. The summed E-state index contributed by atoms with van der Waals surface area (Å²) >= 11 is 1.50. The van der Waals surface area contributed by atoms with Crippen LogP contribution in [-0.2, 0) is 0 Å². The second-order valence-electron chi connectivity index (χ2n) is 6.81. The van der Waals surface area contributed by atoms with Crippen molar-refractivity contribution in [1.29, 1.82) is 0 Å². The second kappa shape index (κ2) is 7.44. The fourth-order valence-electron chi connectivity index (χ4n) is 3.07. The highest BCUT2D eigenvalue weighted by atomic mass is 32.1. The zero-order chi connectivity index (χ0) is 19.7. The van der Waals surface area contributed by atoms with Crippen LogP contribution in [0.2, 0.25) is 0 Å². The molecule has 28 heavy (non-hydrogen) atoms. The molecule has 4 nitrogen and oxygen atoms in total. The summed E-state index contributed by atoms with van der Waals surface area (Å²) in [5.41, 5.74) is 6.12. The van der Waals surface area contributed by atoms with Crippen LogP contribution in [0.15, 0.2) is 67.0 Å². The number of carbonyl (C=O) groups excluding carboxylic acids is 1. The highest BCUT2D eigenvalue weighted by molar-refractivity contribution is 7.16. The molecule has 0 radical (unpaired) electrons. The van der Waals surface area contributed by atoms with E-state index < -0.39 is 0 Å². The maximum absolute atomic E-state index is 12.6. The fraction of sp³-hybridized carbons (Fsp3) is 0.130. The second-order valence-corrected chi connectivity index (χ2v) is 8.02. The van der Waals surface area contributed by atoms with Gasteiger partial charge in [-0.15, -0.1) is 11.3 Å². The molecule has 0 aliphatic carbocycles. The monoisotopic (exact) mass is 387 g/mol. The molecule has 2 aromatic carbocycles. The largest absolute Gasteiger partial charge is 0.324 e. The molecule has 0 aliphatic rings. The van der Waals surface area contributed by atoms with Crippen LogP contribution < -0.4 is 5.32 Å². The van der Waals surface area contributed by atoms with E-state index in [0.717, 1.165) is 21.8 Å². The van der Waals surface area contributed by atoms with Crippen LogP contribution in [0.1, 0.15) is 26.4 Å². The lowest BCUT2D eigenvalue weighted by molar-refractivity contribution is 0.102. The zero-order valence-corrected chi connectivity index (χ0v) is 16.9.